The van der Waals surface area contributed by atoms with Gasteiger partial charge in [-0.05, 0) is 78.3 Å². The van der Waals surface area contributed by atoms with E-state index in [-0.39, 0.29) is 143 Å². The first-order valence-electron chi connectivity index (χ1n) is 9.23. The van der Waals surface area contributed by atoms with E-state index in [0.29, 0.717) is 5.92 Å². The Morgan fingerprint density at radius 1 is 0.432 bits per heavy atom. The second-order valence-electron chi connectivity index (χ2n) is 6.84. The molecular weight excluding hydrogens is 687 g/mol. The molecule has 0 bridgehead atoms. The van der Waals surface area contributed by atoms with Crippen LogP contribution in [0.15, 0.2) is 72.8 Å². The molecule has 0 aliphatic heterocycles. The molecule has 3 rings (SSSR count). The molecule has 3 nitrogen and oxygen atoms in total. The van der Waals surface area contributed by atoms with Gasteiger partial charge in [0.1, 0.15) is 0 Å². The maximum Gasteiger partial charge on any atom is 0.0843 e. The number of rotatable bonds is 9. The summed E-state index contributed by atoms with van der Waals surface area (Å²) < 4.78 is 15.1. The molecule has 0 saturated heterocycles. The number of hydrogen-bond donors (Lipinski definition) is 0. The summed E-state index contributed by atoms with van der Waals surface area (Å²) in [5.41, 5.74) is 3.84. The van der Waals surface area contributed by atoms with E-state index in [1.54, 1.807) is 0 Å². The summed E-state index contributed by atoms with van der Waals surface area (Å²) in [6.45, 7) is 0. The van der Waals surface area contributed by atoms with Gasteiger partial charge in [-0.15, -0.1) is 0 Å². The van der Waals surface area contributed by atoms with E-state index in [9.17, 15) is 0 Å². The van der Waals surface area contributed by atoms with Gasteiger partial charge < -0.3 is 36.5 Å². The van der Waals surface area contributed by atoms with Gasteiger partial charge in [0.25, 0.3) is 0 Å². The van der Waals surface area contributed by atoms with E-state index in [1.165, 1.54) is 16.7 Å². The smallest absolute Gasteiger partial charge is 0.0843 e. The van der Waals surface area contributed by atoms with E-state index in [4.69, 9.17) is 14.2 Å². The Labute approximate surface area is 306 Å². The molecule has 3 aromatic carbocycles. The van der Waals surface area contributed by atoms with Crippen LogP contribution in [0.3, 0.4) is 0 Å². The zero-order valence-electron chi connectivity index (χ0n) is 20.7. The minimum atomic E-state index is 0. The van der Waals surface area contributed by atoms with Crippen LogP contribution >= 0.6 is 0 Å². The largest absolute Gasteiger partial charge is 0.665 e. The maximum absolute atomic E-state index is 5.03. The number of ether oxygens (including phenoxy) is 3. The monoisotopic (exact) mass is 733 g/mol. The molecule has 0 fully saturated rings. The average Bonchev–Trinajstić information content (AvgIpc) is 2.75. The van der Waals surface area contributed by atoms with Crippen LogP contribution in [0.2, 0.25) is 0 Å². The predicted molar refractivity (Wildman–Crippen MR) is 151 cm³/mol. The van der Waals surface area contributed by atoms with Crippen LogP contribution in [0.25, 0.3) is 0 Å². The summed E-state index contributed by atoms with van der Waals surface area (Å²) in [6.07, 6.45) is 2.91. The van der Waals surface area contributed by atoms with Crippen molar-refractivity contribution in [2.75, 3.05) is 0 Å². The zero-order valence-corrected chi connectivity index (χ0v) is 29.2. The van der Waals surface area contributed by atoms with Gasteiger partial charge in [0.2, 0.25) is 0 Å². The molecule has 6 heteroatoms. The van der Waals surface area contributed by atoms with Crippen LogP contribution in [-0.4, -0.2) is 0 Å². The van der Waals surface area contributed by atoms with Crippen LogP contribution in [0.1, 0.15) is 39.0 Å². The first-order valence-corrected chi connectivity index (χ1v) is 9.23. The molecule has 0 atom stereocenters. The maximum atomic E-state index is 5.03. The molecule has 0 spiro atoms. The van der Waals surface area contributed by atoms with E-state index in [0.717, 1.165) is 36.5 Å². The Morgan fingerprint density at radius 3 is 0.784 bits per heavy atom. The SMILES string of the molecule is C.C.C.[CH2-]Oc1ccc(CC(Cc2ccc(O[CH2-])cc2)Cc2ccc(O[CH2-])cc2)cc1.[CH3-].[CH3-].[CH3-].[Y].[Y].[Y]. The Kier molecular flexibility index (Phi) is 42.5. The Morgan fingerprint density at radius 2 is 0.622 bits per heavy atom. The first-order chi connectivity index (χ1) is 13.7. The van der Waals surface area contributed by atoms with Gasteiger partial charge in [-0.25, -0.2) is 0 Å². The zero-order chi connectivity index (χ0) is 19.8. The molecule has 0 heterocycles. The van der Waals surface area contributed by atoms with Gasteiger partial charge in [0, 0.05) is 98.1 Å². The topological polar surface area (TPSA) is 27.7 Å². The van der Waals surface area contributed by atoms with Crippen molar-refractivity contribution in [1.82, 2.24) is 0 Å². The van der Waals surface area contributed by atoms with Crippen LogP contribution in [0.5, 0.6) is 17.2 Å². The summed E-state index contributed by atoms with van der Waals surface area (Å²) in [5, 5.41) is 0. The molecule has 0 unspecified atom stereocenters. The minimum absolute atomic E-state index is 0. The van der Waals surface area contributed by atoms with Crippen molar-refractivity contribution < 1.29 is 112 Å². The van der Waals surface area contributed by atoms with Crippen LogP contribution < -0.4 is 14.2 Å². The fraction of sp³-hybridized carbons (Fsp3) is 0.226. The summed E-state index contributed by atoms with van der Waals surface area (Å²) in [6, 6.07) is 24.4. The van der Waals surface area contributed by atoms with Gasteiger partial charge in [0.05, 0.1) is 17.2 Å². The van der Waals surface area contributed by atoms with Crippen molar-refractivity contribution in [1.29, 1.82) is 0 Å². The Balaban J connectivity index is -0.000000200. The van der Waals surface area contributed by atoms with Crippen LogP contribution in [0.4, 0.5) is 0 Å². The molecule has 0 amide bonds. The quantitative estimate of drug-likeness (QED) is 0.206. The predicted octanol–water partition coefficient (Wildman–Crippen LogP) is 9.09. The first kappa shape index (κ1) is 53.6. The van der Waals surface area contributed by atoms with E-state index in [2.05, 4.69) is 57.7 Å². The molecular formula is C31H46O3Y3-6. The third-order valence-corrected chi connectivity index (χ3v) is 4.84. The van der Waals surface area contributed by atoms with Crippen molar-refractivity contribution in [2.24, 2.45) is 5.92 Å². The molecule has 203 valence electrons. The summed E-state index contributed by atoms with van der Waals surface area (Å²) in [4.78, 5) is 0. The van der Waals surface area contributed by atoms with Gasteiger partial charge >= 0.3 is 0 Å². The molecule has 0 N–H and O–H groups in total. The van der Waals surface area contributed by atoms with Crippen molar-refractivity contribution in [3.05, 3.63) is 133 Å². The fourth-order valence-corrected chi connectivity index (χ4v) is 3.38. The van der Waals surface area contributed by atoms with Gasteiger partial charge in [0.15, 0.2) is 0 Å². The normalized spacial score (nSPS) is 8.11. The van der Waals surface area contributed by atoms with Crippen molar-refractivity contribution in [2.45, 2.75) is 41.5 Å². The molecule has 3 radical (unpaired) electrons. The van der Waals surface area contributed by atoms with Crippen LogP contribution in [-0.2, 0) is 117 Å². The molecule has 0 aliphatic carbocycles. The van der Waals surface area contributed by atoms with Gasteiger partial charge in [-0.1, -0.05) is 58.7 Å². The van der Waals surface area contributed by atoms with Crippen LogP contribution in [0, 0.1) is 49.5 Å². The third-order valence-electron chi connectivity index (χ3n) is 4.84. The fourth-order valence-electron chi connectivity index (χ4n) is 3.38. The Bertz CT molecular complexity index is 735. The van der Waals surface area contributed by atoms with E-state index < -0.39 is 0 Å². The second-order valence-corrected chi connectivity index (χ2v) is 6.84. The molecule has 0 saturated carbocycles. The summed E-state index contributed by atoms with van der Waals surface area (Å²) >= 11 is 0. The molecule has 0 aliphatic rings. The van der Waals surface area contributed by atoms with E-state index >= 15 is 0 Å². The summed E-state index contributed by atoms with van der Waals surface area (Å²) in [7, 11) is 10.4. The number of hydrogen-bond acceptors (Lipinski definition) is 3. The van der Waals surface area contributed by atoms with Crippen molar-refractivity contribution >= 4 is 0 Å². The minimum Gasteiger partial charge on any atom is -0.665 e. The summed E-state index contributed by atoms with van der Waals surface area (Å²) in [5.74, 6) is 2.76. The van der Waals surface area contributed by atoms with Gasteiger partial charge in [-0.3, -0.25) is 0 Å². The molecule has 37 heavy (non-hydrogen) atoms. The third kappa shape index (κ3) is 18.4. The van der Waals surface area contributed by atoms with Gasteiger partial charge in [-0.2, -0.15) is 21.3 Å². The van der Waals surface area contributed by atoms with Crippen molar-refractivity contribution in [3.8, 4) is 17.2 Å². The molecule has 3 aromatic rings. The standard InChI is InChI=1S/C25H25O3.3CH4.3CH3.3Y/c1-26-23-10-4-19(5-11-23)16-22(17-20-6-12-24(27-2)13-7-20)18-21-8-14-25(28-3)15-9-21;;;;;;;;;/h4-15,22H,1-3,16-18H2;3*1H4;3*1H3;;;/q-3;;;;3*-1;;;. The Hall–Kier alpha value is 0.372. The number of benzene rings is 3. The second kappa shape index (κ2) is 29.4. The molecule has 0 aromatic heterocycles. The van der Waals surface area contributed by atoms with Crippen molar-refractivity contribution in [3.63, 3.8) is 0 Å². The average molecular weight is 733 g/mol. The van der Waals surface area contributed by atoms with E-state index in [1.807, 2.05) is 36.4 Å².